The fourth-order valence-electron chi connectivity index (χ4n) is 4.19. The molecule has 6 nitrogen and oxygen atoms in total. The molecule has 2 aliphatic rings. The van der Waals surface area contributed by atoms with Crippen LogP contribution in [-0.2, 0) is 0 Å². The van der Waals surface area contributed by atoms with Crippen molar-refractivity contribution in [3.8, 4) is 17.2 Å². The molecule has 0 aliphatic carbocycles. The molecule has 2 aromatic carbocycles. The van der Waals surface area contributed by atoms with Crippen LogP contribution in [0.5, 0.6) is 17.2 Å². The third-order valence-electron chi connectivity index (χ3n) is 5.59. The Hall–Kier alpha value is -2.28. The van der Waals surface area contributed by atoms with Gasteiger partial charge in [0.2, 0.25) is 0 Å². The Kier molecular flexibility index (Phi) is 4.95. The first-order valence-corrected chi connectivity index (χ1v) is 9.64. The first-order valence-electron chi connectivity index (χ1n) is 9.26. The van der Waals surface area contributed by atoms with Crippen molar-refractivity contribution in [1.29, 1.82) is 0 Å². The molecule has 1 saturated heterocycles. The number of Topliss-reactive ketones (excluding diaryl/α,β-unsaturated/α-hetero) is 1. The molecule has 3 unspecified atom stereocenters. The summed E-state index contributed by atoms with van der Waals surface area (Å²) < 4.78 is 6.14. The zero-order valence-corrected chi connectivity index (χ0v) is 16.2. The van der Waals surface area contributed by atoms with Gasteiger partial charge < -0.3 is 25.0 Å². The minimum Gasteiger partial charge on any atom is -0.507 e. The molecule has 2 aromatic rings. The summed E-state index contributed by atoms with van der Waals surface area (Å²) in [5, 5.41) is 32.0. The molecule has 3 atom stereocenters. The van der Waals surface area contributed by atoms with Crippen molar-refractivity contribution in [1.82, 2.24) is 4.90 Å². The lowest BCUT2D eigenvalue weighted by Gasteiger charge is -2.37. The Balaban J connectivity index is 1.82. The van der Waals surface area contributed by atoms with E-state index in [9.17, 15) is 20.1 Å². The van der Waals surface area contributed by atoms with E-state index in [2.05, 4.69) is 0 Å². The first kappa shape index (κ1) is 19.1. The average molecular weight is 404 g/mol. The van der Waals surface area contributed by atoms with Crippen LogP contribution in [0.25, 0.3) is 0 Å². The number of hydrogen-bond acceptors (Lipinski definition) is 6. The molecule has 28 heavy (non-hydrogen) atoms. The maximum atomic E-state index is 12.8. The summed E-state index contributed by atoms with van der Waals surface area (Å²) >= 11 is 6.29. The molecule has 0 amide bonds. The Morgan fingerprint density at radius 3 is 2.68 bits per heavy atom. The van der Waals surface area contributed by atoms with E-state index in [1.807, 2.05) is 18.0 Å². The van der Waals surface area contributed by atoms with Gasteiger partial charge in [0.15, 0.2) is 5.78 Å². The van der Waals surface area contributed by atoms with Crippen molar-refractivity contribution < 1.29 is 24.9 Å². The van der Waals surface area contributed by atoms with E-state index < -0.39 is 18.1 Å². The van der Waals surface area contributed by atoms with Gasteiger partial charge >= 0.3 is 0 Å². The van der Waals surface area contributed by atoms with Crippen molar-refractivity contribution in [2.75, 3.05) is 20.1 Å². The van der Waals surface area contributed by atoms with Gasteiger partial charge in [-0.2, -0.15) is 0 Å². The van der Waals surface area contributed by atoms with Crippen LogP contribution in [0, 0.1) is 0 Å². The van der Waals surface area contributed by atoms with Crippen molar-refractivity contribution in [2.45, 2.75) is 31.0 Å². The second-order valence-electron chi connectivity index (χ2n) is 7.51. The number of likely N-dealkylation sites (tertiary alicyclic amines) is 1. The monoisotopic (exact) mass is 403 g/mol. The Bertz CT molecular complexity index is 931. The largest absolute Gasteiger partial charge is 0.507 e. The number of halogens is 1. The van der Waals surface area contributed by atoms with E-state index in [0.29, 0.717) is 29.1 Å². The minimum atomic E-state index is -0.724. The molecule has 0 saturated carbocycles. The zero-order chi connectivity index (χ0) is 20.0. The number of aliphatic hydroxyl groups excluding tert-OH is 1. The van der Waals surface area contributed by atoms with Crippen molar-refractivity contribution in [3.63, 3.8) is 0 Å². The number of piperidine rings is 1. The van der Waals surface area contributed by atoms with E-state index in [4.69, 9.17) is 16.3 Å². The maximum Gasteiger partial charge on any atom is 0.174 e. The third-order valence-corrected chi connectivity index (χ3v) is 5.94. The van der Waals surface area contributed by atoms with E-state index in [1.165, 1.54) is 0 Å². The van der Waals surface area contributed by atoms with Gasteiger partial charge in [0.05, 0.1) is 12.5 Å². The molecule has 0 radical (unpaired) electrons. The highest BCUT2D eigenvalue weighted by Gasteiger charge is 2.39. The summed E-state index contributed by atoms with van der Waals surface area (Å²) in [6, 6.07) is 8.28. The summed E-state index contributed by atoms with van der Waals surface area (Å²) in [6.07, 6.45) is -0.726. The molecule has 0 spiro atoms. The number of carbonyl (C=O) groups excluding carboxylic acids is 1. The van der Waals surface area contributed by atoms with Crippen molar-refractivity contribution in [2.24, 2.45) is 0 Å². The number of aromatic hydroxyl groups is 2. The fraction of sp³-hybridized carbons (Fsp3) is 0.381. The summed E-state index contributed by atoms with van der Waals surface area (Å²) in [4.78, 5) is 14.8. The van der Waals surface area contributed by atoms with Crippen LogP contribution in [0.15, 0.2) is 30.3 Å². The lowest BCUT2D eigenvalue weighted by atomic mass is 9.83. The smallest absolute Gasteiger partial charge is 0.174 e. The SMILES string of the molecule is CN1CCC(c2c(O)cc(O)c3c2OC(c2ccccc2Cl)CC3=O)C(O)C1. The Labute approximate surface area is 167 Å². The lowest BCUT2D eigenvalue weighted by molar-refractivity contribution is 0.0592. The van der Waals surface area contributed by atoms with Gasteiger partial charge in [-0.1, -0.05) is 29.8 Å². The minimum absolute atomic E-state index is 0.0322. The molecule has 2 heterocycles. The highest BCUT2D eigenvalue weighted by molar-refractivity contribution is 6.31. The molecule has 2 aliphatic heterocycles. The van der Waals surface area contributed by atoms with E-state index in [0.717, 1.165) is 12.6 Å². The maximum absolute atomic E-state index is 12.8. The van der Waals surface area contributed by atoms with Crippen molar-refractivity contribution in [3.05, 3.63) is 52.0 Å². The summed E-state index contributed by atoms with van der Waals surface area (Å²) in [6.45, 7) is 1.18. The molecular formula is C21H22ClNO5. The topological polar surface area (TPSA) is 90.2 Å². The average Bonchev–Trinajstić information content (AvgIpc) is 2.63. The molecule has 4 rings (SSSR count). The van der Waals surface area contributed by atoms with Gasteiger partial charge in [-0.3, -0.25) is 4.79 Å². The molecule has 3 N–H and O–H groups in total. The molecule has 0 bridgehead atoms. The van der Waals surface area contributed by atoms with E-state index in [-0.39, 0.29) is 35.0 Å². The summed E-state index contributed by atoms with van der Waals surface area (Å²) in [7, 11) is 1.92. The van der Waals surface area contributed by atoms with Gasteiger partial charge in [0.25, 0.3) is 0 Å². The lowest BCUT2D eigenvalue weighted by Crippen LogP contribution is -2.40. The van der Waals surface area contributed by atoms with Gasteiger partial charge in [0.1, 0.15) is 28.9 Å². The second kappa shape index (κ2) is 7.28. The van der Waals surface area contributed by atoms with Crippen molar-refractivity contribution >= 4 is 17.4 Å². The number of benzene rings is 2. The van der Waals surface area contributed by atoms with Gasteiger partial charge in [-0.25, -0.2) is 0 Å². The third kappa shape index (κ3) is 3.21. The Morgan fingerprint density at radius 1 is 1.21 bits per heavy atom. The number of fused-ring (bicyclic) bond motifs is 1. The number of nitrogens with zero attached hydrogens (tertiary/aromatic N) is 1. The number of aliphatic hydroxyl groups is 1. The van der Waals surface area contributed by atoms with Crippen LogP contribution in [-0.4, -0.2) is 52.2 Å². The summed E-state index contributed by atoms with van der Waals surface area (Å²) in [5.41, 5.74) is 1.10. The molecule has 7 heteroatoms. The number of likely N-dealkylation sites (N-methyl/N-ethyl adjacent to an activating group) is 1. The van der Waals surface area contributed by atoms with Crippen LogP contribution in [0.1, 0.15) is 46.3 Å². The molecule has 148 valence electrons. The van der Waals surface area contributed by atoms with Crippen LogP contribution in [0.2, 0.25) is 5.02 Å². The van der Waals surface area contributed by atoms with Gasteiger partial charge in [0, 0.05) is 34.7 Å². The van der Waals surface area contributed by atoms with Crippen LogP contribution < -0.4 is 4.74 Å². The quantitative estimate of drug-likeness (QED) is 0.713. The van der Waals surface area contributed by atoms with Crippen LogP contribution in [0.4, 0.5) is 0 Å². The summed E-state index contributed by atoms with van der Waals surface area (Å²) in [5.74, 6) is -1.04. The highest BCUT2D eigenvalue weighted by atomic mass is 35.5. The molecular weight excluding hydrogens is 382 g/mol. The van der Waals surface area contributed by atoms with Crippen LogP contribution in [0.3, 0.4) is 0 Å². The predicted molar refractivity (Wildman–Crippen MR) is 104 cm³/mol. The first-order chi connectivity index (χ1) is 13.4. The number of ether oxygens (including phenoxy) is 1. The number of hydrogen-bond donors (Lipinski definition) is 3. The van der Waals surface area contributed by atoms with Crippen LogP contribution >= 0.6 is 11.6 Å². The number of phenolic OH excluding ortho intramolecular Hbond substituents is 2. The number of phenols is 2. The Morgan fingerprint density at radius 2 is 1.96 bits per heavy atom. The fourth-order valence-corrected chi connectivity index (χ4v) is 4.44. The number of β-amino-alcohol motifs (C(OH)–C–C–N with tert-alkyl or cyclic N) is 1. The normalized spacial score (nSPS) is 25.2. The number of carbonyl (C=O) groups is 1. The predicted octanol–water partition coefficient (Wildman–Crippen LogP) is 3.24. The second-order valence-corrected chi connectivity index (χ2v) is 7.92. The molecule has 0 aromatic heterocycles. The van der Waals surface area contributed by atoms with E-state index in [1.54, 1.807) is 18.2 Å². The molecule has 1 fully saturated rings. The number of rotatable bonds is 2. The number of ketones is 1. The zero-order valence-electron chi connectivity index (χ0n) is 15.4. The van der Waals surface area contributed by atoms with E-state index >= 15 is 0 Å². The van der Waals surface area contributed by atoms with Gasteiger partial charge in [-0.05, 0) is 26.1 Å². The van der Waals surface area contributed by atoms with Gasteiger partial charge in [-0.15, -0.1) is 0 Å². The highest BCUT2D eigenvalue weighted by Crippen LogP contribution is 2.50. The standard InChI is InChI=1S/C21H22ClNO5/c1-23-7-6-12(17(27)10-23)19-14(24)8-15(25)20-16(26)9-18(28-21(19)20)11-4-2-3-5-13(11)22/h2-5,8,12,17-18,24-25,27H,6-7,9-10H2,1H3.